The first-order valence-electron chi connectivity index (χ1n) is 4.95. The molecule has 0 fully saturated rings. The van der Waals surface area contributed by atoms with Crippen molar-refractivity contribution < 1.29 is 35.2 Å². The molecule has 18 heavy (non-hydrogen) atoms. The lowest BCUT2D eigenvalue weighted by molar-refractivity contribution is -0.166. The smallest absolute Gasteiger partial charge is 0.325 e. The lowest BCUT2D eigenvalue weighted by Gasteiger charge is -2.28. The molecular weight excluding hydrogens is 248 g/mol. The van der Waals surface area contributed by atoms with Crippen LogP contribution in [0.5, 0.6) is 0 Å². The maximum Gasteiger partial charge on any atom is 0.325 e. The van der Waals surface area contributed by atoms with Gasteiger partial charge in [-0.1, -0.05) is 0 Å². The van der Waals surface area contributed by atoms with Gasteiger partial charge >= 0.3 is 17.9 Å². The highest BCUT2D eigenvalue weighted by Crippen LogP contribution is 2.23. The van der Waals surface area contributed by atoms with Crippen molar-refractivity contribution in [3.63, 3.8) is 0 Å². The minimum atomic E-state index is -2.33. The van der Waals surface area contributed by atoms with E-state index in [1.165, 1.54) is 0 Å². The number of unbranched alkanes of at least 4 members (excludes halogenated alkanes) is 1. The van der Waals surface area contributed by atoms with Crippen LogP contribution >= 0.6 is 0 Å². The van der Waals surface area contributed by atoms with Gasteiger partial charge in [0.15, 0.2) is 5.92 Å². The first-order chi connectivity index (χ1) is 7.77. The number of aliphatic carboxylic acids is 3. The summed E-state index contributed by atoms with van der Waals surface area (Å²) in [4.78, 5) is 32.5. The van der Waals surface area contributed by atoms with Crippen molar-refractivity contribution in [3.8, 4) is 0 Å². The average molecular weight is 266 g/mol. The van der Waals surface area contributed by atoms with E-state index < -0.39 is 29.4 Å². The third-order valence-electron chi connectivity index (χ3n) is 2.45. The summed E-state index contributed by atoms with van der Waals surface area (Å²) < 4.78 is 0. The second-order valence-corrected chi connectivity index (χ2v) is 3.70. The van der Waals surface area contributed by atoms with Crippen molar-refractivity contribution >= 4 is 17.9 Å². The average Bonchev–Trinajstić information content (AvgIpc) is 2.16. The Hall–Kier alpha value is -1.71. The highest BCUT2D eigenvalue weighted by Gasteiger charge is 2.50. The van der Waals surface area contributed by atoms with Crippen molar-refractivity contribution in [2.75, 3.05) is 6.54 Å². The molecule has 0 aromatic rings. The molecule has 0 aromatic carbocycles. The molecule has 0 aromatic heterocycles. The van der Waals surface area contributed by atoms with Crippen LogP contribution in [0.3, 0.4) is 0 Å². The number of rotatable bonds is 8. The van der Waals surface area contributed by atoms with Gasteiger partial charge in [0.1, 0.15) is 5.54 Å². The van der Waals surface area contributed by atoms with Crippen LogP contribution in [0.25, 0.3) is 0 Å². The van der Waals surface area contributed by atoms with Gasteiger partial charge in [-0.3, -0.25) is 14.4 Å². The first-order valence-corrected chi connectivity index (χ1v) is 4.95. The standard InChI is InChI=1S/C9H16N2O6.H2O/c10-4-2-1-3-9(11,8(16)17)5(6(12)13)7(14)15;/h5H,1-4,10-11H2,(H,12,13)(H,14,15)(H,16,17);1H2/t9-;/m1./s1. The number of carboxylic acid groups (broad SMARTS) is 3. The topological polar surface area (TPSA) is 195 Å². The van der Waals surface area contributed by atoms with E-state index in [0.29, 0.717) is 13.0 Å². The van der Waals surface area contributed by atoms with E-state index in [1.54, 1.807) is 0 Å². The van der Waals surface area contributed by atoms with Crippen LogP contribution in [0.1, 0.15) is 19.3 Å². The Bertz CT molecular complexity index is 306. The lowest BCUT2D eigenvalue weighted by atomic mass is 9.80. The first kappa shape index (κ1) is 18.6. The van der Waals surface area contributed by atoms with Crippen LogP contribution in [0.2, 0.25) is 0 Å². The summed E-state index contributed by atoms with van der Waals surface area (Å²) >= 11 is 0. The van der Waals surface area contributed by atoms with Crippen LogP contribution in [0.15, 0.2) is 0 Å². The van der Waals surface area contributed by atoms with E-state index >= 15 is 0 Å². The third-order valence-corrected chi connectivity index (χ3v) is 2.45. The predicted molar refractivity (Wildman–Crippen MR) is 59.8 cm³/mol. The van der Waals surface area contributed by atoms with Crippen molar-refractivity contribution in [3.05, 3.63) is 0 Å². The van der Waals surface area contributed by atoms with Crippen molar-refractivity contribution in [1.29, 1.82) is 0 Å². The third kappa shape index (κ3) is 4.28. The van der Waals surface area contributed by atoms with E-state index in [0.717, 1.165) is 0 Å². The zero-order chi connectivity index (χ0) is 13.6. The van der Waals surface area contributed by atoms with Crippen molar-refractivity contribution in [2.45, 2.75) is 24.8 Å². The minimum Gasteiger partial charge on any atom is -0.481 e. The number of hydrogen-bond acceptors (Lipinski definition) is 5. The van der Waals surface area contributed by atoms with Gasteiger partial charge < -0.3 is 32.3 Å². The second kappa shape index (κ2) is 7.58. The van der Waals surface area contributed by atoms with Crippen LogP contribution in [-0.2, 0) is 14.4 Å². The molecule has 0 rings (SSSR count). The van der Waals surface area contributed by atoms with Crippen molar-refractivity contribution in [1.82, 2.24) is 0 Å². The molecule has 0 spiro atoms. The van der Waals surface area contributed by atoms with E-state index in [1.807, 2.05) is 0 Å². The monoisotopic (exact) mass is 266 g/mol. The summed E-state index contributed by atoms with van der Waals surface area (Å²) in [6.07, 6.45) is 0.428. The van der Waals surface area contributed by atoms with Gasteiger partial charge in [0.05, 0.1) is 0 Å². The van der Waals surface area contributed by atoms with Crippen LogP contribution < -0.4 is 11.5 Å². The Morgan fingerprint density at radius 3 is 1.78 bits per heavy atom. The maximum absolute atomic E-state index is 11.0. The number of nitrogens with two attached hydrogens (primary N) is 2. The molecule has 1 atom stereocenters. The van der Waals surface area contributed by atoms with Gasteiger partial charge in [0, 0.05) is 0 Å². The minimum absolute atomic E-state index is 0. The molecular formula is C9H18N2O7. The Morgan fingerprint density at radius 1 is 1.06 bits per heavy atom. The molecule has 0 saturated carbocycles. The Kier molecular flexibility index (Phi) is 7.86. The molecule has 0 aliphatic carbocycles. The molecule has 9 heteroatoms. The van der Waals surface area contributed by atoms with E-state index in [4.69, 9.17) is 26.8 Å². The Labute approximate surface area is 103 Å². The SMILES string of the molecule is NCCCC[C@](N)(C(=O)O)C(C(=O)O)C(=O)O.O. The molecule has 106 valence electrons. The van der Waals surface area contributed by atoms with Gasteiger partial charge in [-0.25, -0.2) is 0 Å². The van der Waals surface area contributed by atoms with Gasteiger partial charge in [0.2, 0.25) is 0 Å². The van der Waals surface area contributed by atoms with Gasteiger partial charge in [0.25, 0.3) is 0 Å². The highest BCUT2D eigenvalue weighted by atomic mass is 16.4. The summed E-state index contributed by atoms with van der Waals surface area (Å²) in [5, 5.41) is 26.4. The van der Waals surface area contributed by atoms with Crippen LogP contribution in [0, 0.1) is 5.92 Å². The largest absolute Gasteiger partial charge is 0.481 e. The molecule has 9 nitrogen and oxygen atoms in total. The highest BCUT2D eigenvalue weighted by molar-refractivity contribution is 6.00. The molecule has 9 N–H and O–H groups in total. The van der Waals surface area contributed by atoms with Gasteiger partial charge in [-0.15, -0.1) is 0 Å². The lowest BCUT2D eigenvalue weighted by Crippen LogP contribution is -2.59. The summed E-state index contributed by atoms with van der Waals surface area (Å²) in [6, 6.07) is 0. The molecule has 0 aliphatic heterocycles. The Balaban J connectivity index is 0. The fraction of sp³-hybridized carbons (Fsp3) is 0.667. The van der Waals surface area contributed by atoms with Gasteiger partial charge in [-0.2, -0.15) is 0 Å². The number of hydrogen-bond donors (Lipinski definition) is 5. The molecule has 0 heterocycles. The number of carbonyl (C=O) groups is 3. The quantitative estimate of drug-likeness (QED) is 0.242. The molecule has 0 unspecified atom stereocenters. The zero-order valence-electron chi connectivity index (χ0n) is 9.63. The van der Waals surface area contributed by atoms with Crippen LogP contribution in [0.4, 0.5) is 0 Å². The normalized spacial score (nSPS) is 13.5. The summed E-state index contributed by atoms with van der Waals surface area (Å²) in [5.41, 5.74) is 8.31. The Morgan fingerprint density at radius 2 is 1.50 bits per heavy atom. The van der Waals surface area contributed by atoms with Gasteiger partial charge in [-0.05, 0) is 25.8 Å². The van der Waals surface area contributed by atoms with E-state index in [-0.39, 0.29) is 18.3 Å². The van der Waals surface area contributed by atoms with E-state index in [9.17, 15) is 14.4 Å². The molecule has 0 bridgehead atoms. The fourth-order valence-corrected chi connectivity index (χ4v) is 1.48. The molecule has 0 amide bonds. The van der Waals surface area contributed by atoms with Crippen LogP contribution in [-0.4, -0.2) is 50.8 Å². The van der Waals surface area contributed by atoms with Crippen molar-refractivity contribution in [2.24, 2.45) is 17.4 Å². The molecule has 0 radical (unpaired) electrons. The maximum atomic E-state index is 11.0. The zero-order valence-corrected chi connectivity index (χ0v) is 9.63. The molecule has 0 saturated heterocycles. The second-order valence-electron chi connectivity index (χ2n) is 3.70. The predicted octanol–water partition coefficient (Wildman–Crippen LogP) is -2.14. The summed E-state index contributed by atoms with van der Waals surface area (Å²) in [7, 11) is 0. The molecule has 0 aliphatic rings. The summed E-state index contributed by atoms with van der Waals surface area (Å²) in [5.74, 6) is -7.37. The van der Waals surface area contributed by atoms with E-state index in [2.05, 4.69) is 0 Å². The summed E-state index contributed by atoms with van der Waals surface area (Å²) in [6.45, 7) is 0.292. The fourth-order valence-electron chi connectivity index (χ4n) is 1.48. The number of carboxylic acids is 3.